The van der Waals surface area contributed by atoms with Crippen molar-refractivity contribution in [1.82, 2.24) is 19.9 Å². The van der Waals surface area contributed by atoms with Crippen LogP contribution in [-0.2, 0) is 6.54 Å². The predicted molar refractivity (Wildman–Crippen MR) is 107 cm³/mol. The first-order chi connectivity index (χ1) is 13.1. The fraction of sp³-hybridized carbons (Fsp3) is 0.400. The Kier molecular flexibility index (Phi) is 4.96. The Morgan fingerprint density at radius 1 is 1.26 bits per heavy atom. The van der Waals surface area contributed by atoms with Crippen molar-refractivity contribution >= 4 is 17.3 Å². The molecule has 0 unspecified atom stereocenters. The van der Waals surface area contributed by atoms with Crippen LogP contribution in [0.25, 0.3) is 5.65 Å². The normalized spacial score (nSPS) is 19.7. The van der Waals surface area contributed by atoms with E-state index in [1.54, 1.807) is 0 Å². The van der Waals surface area contributed by atoms with Gasteiger partial charge >= 0.3 is 0 Å². The molecule has 7 nitrogen and oxygen atoms in total. The molecule has 27 heavy (non-hydrogen) atoms. The third-order valence-corrected chi connectivity index (χ3v) is 4.95. The lowest BCUT2D eigenvalue weighted by Crippen LogP contribution is -2.32. The fourth-order valence-corrected chi connectivity index (χ4v) is 3.38. The molecule has 2 aromatic heterocycles. The summed E-state index contributed by atoms with van der Waals surface area (Å²) >= 11 is 0. The van der Waals surface area contributed by atoms with Crippen molar-refractivity contribution in [2.75, 3.05) is 23.7 Å². The maximum atomic E-state index is 10.1. The molecule has 2 atom stereocenters. The van der Waals surface area contributed by atoms with Gasteiger partial charge in [-0.25, -0.2) is 4.98 Å². The maximum absolute atomic E-state index is 10.1. The zero-order valence-electron chi connectivity index (χ0n) is 15.7. The minimum Gasteiger partial charge on any atom is -0.390 e. The number of rotatable bonds is 6. The number of anilines is 2. The van der Waals surface area contributed by atoms with Crippen LogP contribution in [0.3, 0.4) is 0 Å². The predicted octanol–water partition coefficient (Wildman–Crippen LogP) is 2.21. The number of fused-ring (bicyclic) bond motifs is 1. The van der Waals surface area contributed by atoms with Crippen molar-refractivity contribution in [3.63, 3.8) is 0 Å². The summed E-state index contributed by atoms with van der Waals surface area (Å²) in [5.74, 6) is 1.94. The molecule has 4 rings (SSSR count). The van der Waals surface area contributed by atoms with Gasteiger partial charge in [-0.3, -0.25) is 0 Å². The number of hydrogen-bond donors (Lipinski definition) is 4. The van der Waals surface area contributed by atoms with Crippen LogP contribution in [0, 0.1) is 0 Å². The van der Waals surface area contributed by atoms with E-state index in [-0.39, 0.29) is 6.04 Å². The Morgan fingerprint density at radius 2 is 2.07 bits per heavy atom. The van der Waals surface area contributed by atoms with Gasteiger partial charge in [-0.1, -0.05) is 44.2 Å². The van der Waals surface area contributed by atoms with Crippen molar-refractivity contribution in [1.29, 1.82) is 0 Å². The molecule has 4 N–H and O–H groups in total. The highest BCUT2D eigenvalue weighted by molar-refractivity contribution is 5.61. The van der Waals surface area contributed by atoms with Gasteiger partial charge in [0.15, 0.2) is 5.65 Å². The van der Waals surface area contributed by atoms with E-state index in [0.717, 1.165) is 29.4 Å². The van der Waals surface area contributed by atoms with Crippen molar-refractivity contribution in [2.45, 2.75) is 38.5 Å². The van der Waals surface area contributed by atoms with Crippen LogP contribution in [-0.4, -0.2) is 44.9 Å². The molecule has 3 heterocycles. The van der Waals surface area contributed by atoms with Crippen molar-refractivity contribution in [3.05, 3.63) is 53.7 Å². The Balaban J connectivity index is 1.67. The third-order valence-electron chi connectivity index (χ3n) is 4.95. The lowest BCUT2D eigenvalue weighted by atomic mass is 10.1. The van der Waals surface area contributed by atoms with Crippen molar-refractivity contribution in [2.24, 2.45) is 0 Å². The van der Waals surface area contributed by atoms with Crippen molar-refractivity contribution in [3.8, 4) is 0 Å². The van der Waals surface area contributed by atoms with E-state index in [1.165, 1.54) is 5.56 Å². The first-order valence-electron chi connectivity index (χ1n) is 9.43. The van der Waals surface area contributed by atoms with Crippen LogP contribution in [0.5, 0.6) is 0 Å². The third kappa shape index (κ3) is 3.74. The molecule has 0 radical (unpaired) electrons. The summed E-state index contributed by atoms with van der Waals surface area (Å²) in [7, 11) is 0. The summed E-state index contributed by atoms with van der Waals surface area (Å²) in [6.07, 6.45) is 1.47. The molecule has 142 valence electrons. The molecular formula is C20H26N6O. The molecule has 0 saturated carbocycles. The van der Waals surface area contributed by atoms with Gasteiger partial charge in [-0.2, -0.15) is 9.61 Å². The van der Waals surface area contributed by atoms with E-state index in [9.17, 15) is 5.11 Å². The highest BCUT2D eigenvalue weighted by atomic mass is 16.3. The van der Waals surface area contributed by atoms with Gasteiger partial charge in [0.05, 0.1) is 18.3 Å². The van der Waals surface area contributed by atoms with Crippen LogP contribution in [0.4, 0.5) is 11.6 Å². The van der Waals surface area contributed by atoms with E-state index in [1.807, 2.05) is 35.0 Å². The van der Waals surface area contributed by atoms with Gasteiger partial charge in [0.1, 0.15) is 11.6 Å². The summed E-state index contributed by atoms with van der Waals surface area (Å²) in [6, 6.07) is 12.2. The zero-order valence-corrected chi connectivity index (χ0v) is 15.7. The number of hydrogen-bond acceptors (Lipinski definition) is 6. The topological polar surface area (TPSA) is 86.5 Å². The molecule has 3 aromatic rings. The molecule has 1 saturated heterocycles. The van der Waals surface area contributed by atoms with Gasteiger partial charge in [0.2, 0.25) is 0 Å². The quantitative estimate of drug-likeness (QED) is 0.535. The number of β-amino-alcohol motifs (C(OH)–C–C–N with tert-alkyl or cyclic N) is 1. The van der Waals surface area contributed by atoms with E-state index in [0.29, 0.717) is 19.0 Å². The van der Waals surface area contributed by atoms with E-state index < -0.39 is 6.10 Å². The monoisotopic (exact) mass is 366 g/mol. The lowest BCUT2D eigenvalue weighted by Gasteiger charge is -2.18. The minimum absolute atomic E-state index is 0.0488. The number of nitrogens with zero attached hydrogens (tertiary/aromatic N) is 3. The smallest absolute Gasteiger partial charge is 0.163 e. The van der Waals surface area contributed by atoms with Gasteiger partial charge < -0.3 is 21.1 Å². The molecule has 0 spiro atoms. The fourth-order valence-electron chi connectivity index (χ4n) is 3.38. The Labute approximate surface area is 158 Å². The Bertz CT molecular complexity index is 907. The van der Waals surface area contributed by atoms with E-state index in [4.69, 9.17) is 4.98 Å². The SMILES string of the molecule is CC(C)c1cnn2c(NCc3ccccc3)cc(N[C@H]3CNC[C@@H]3O)nc12. The second-order valence-electron chi connectivity index (χ2n) is 7.33. The summed E-state index contributed by atoms with van der Waals surface area (Å²) in [6.45, 7) is 6.30. The average molecular weight is 366 g/mol. The van der Waals surface area contributed by atoms with Gasteiger partial charge in [0, 0.05) is 31.3 Å². The van der Waals surface area contributed by atoms with Crippen LogP contribution < -0.4 is 16.0 Å². The molecule has 1 fully saturated rings. The van der Waals surface area contributed by atoms with Crippen LogP contribution >= 0.6 is 0 Å². The Hall–Kier alpha value is -2.64. The van der Waals surface area contributed by atoms with Gasteiger partial charge in [-0.15, -0.1) is 0 Å². The molecule has 1 aliphatic rings. The number of aromatic nitrogens is 3. The highest BCUT2D eigenvalue weighted by Gasteiger charge is 2.25. The second kappa shape index (κ2) is 7.54. The number of aliphatic hydroxyl groups excluding tert-OH is 1. The standard InChI is InChI=1S/C20H26N6O/c1-13(2)15-10-23-26-19(22-9-14-6-4-3-5-7-14)8-18(25-20(15)26)24-16-11-21-12-17(16)27/h3-8,10,13,16-17,21-22,27H,9,11-12H2,1-2H3,(H,24,25)/t16-,17-/m0/s1. The number of nitrogens with one attached hydrogen (secondary N) is 3. The molecule has 1 aliphatic heterocycles. The maximum Gasteiger partial charge on any atom is 0.163 e. The minimum atomic E-state index is -0.418. The highest BCUT2D eigenvalue weighted by Crippen LogP contribution is 2.25. The Morgan fingerprint density at radius 3 is 2.78 bits per heavy atom. The molecule has 0 amide bonds. The van der Waals surface area contributed by atoms with Crippen LogP contribution in [0.15, 0.2) is 42.6 Å². The summed E-state index contributed by atoms with van der Waals surface area (Å²) in [4.78, 5) is 4.78. The van der Waals surface area contributed by atoms with Crippen LogP contribution in [0.1, 0.15) is 30.9 Å². The molecule has 0 aliphatic carbocycles. The summed E-state index contributed by atoms with van der Waals surface area (Å²) in [5, 5.41) is 24.7. The van der Waals surface area contributed by atoms with E-state index in [2.05, 4.69) is 47.0 Å². The average Bonchev–Trinajstić information content (AvgIpc) is 3.27. The summed E-state index contributed by atoms with van der Waals surface area (Å²) < 4.78 is 1.85. The molecule has 1 aromatic carbocycles. The molecular weight excluding hydrogens is 340 g/mol. The molecule has 7 heteroatoms. The van der Waals surface area contributed by atoms with Crippen molar-refractivity contribution < 1.29 is 5.11 Å². The number of aliphatic hydroxyl groups is 1. The summed E-state index contributed by atoms with van der Waals surface area (Å²) in [5.41, 5.74) is 3.14. The lowest BCUT2D eigenvalue weighted by molar-refractivity contribution is 0.185. The number of benzene rings is 1. The second-order valence-corrected chi connectivity index (χ2v) is 7.33. The van der Waals surface area contributed by atoms with Gasteiger partial charge in [0.25, 0.3) is 0 Å². The van der Waals surface area contributed by atoms with Gasteiger partial charge in [-0.05, 0) is 11.5 Å². The first kappa shape index (κ1) is 17.8. The van der Waals surface area contributed by atoms with Crippen LogP contribution in [0.2, 0.25) is 0 Å². The largest absolute Gasteiger partial charge is 0.390 e. The van der Waals surface area contributed by atoms with E-state index >= 15 is 0 Å². The first-order valence-corrected chi connectivity index (χ1v) is 9.43. The zero-order chi connectivity index (χ0) is 18.8. The molecule has 0 bridgehead atoms.